The number of nitrogens with one attached hydrogen (secondary N) is 2. The predicted octanol–water partition coefficient (Wildman–Crippen LogP) is 4.94. The van der Waals surface area contributed by atoms with E-state index in [2.05, 4.69) is 20.3 Å². The molecule has 8 nitrogen and oxygen atoms in total. The van der Waals surface area contributed by atoms with Crippen LogP contribution in [0.25, 0.3) is 22.3 Å². The number of nitrogens with two attached hydrogens (primary N) is 1. The van der Waals surface area contributed by atoms with E-state index in [4.69, 9.17) is 22.1 Å². The number of aromatic amines is 1. The molecular formula is C27H22ClF4N5O3. The number of fused-ring (bicyclic) bond motifs is 2. The number of aromatic nitrogens is 3. The van der Waals surface area contributed by atoms with E-state index in [1.54, 1.807) is 6.92 Å². The minimum Gasteiger partial charge on any atom is -0.489 e. The number of carbonyl (C=O) groups excluding carboxylic acids is 2. The lowest BCUT2D eigenvalue weighted by molar-refractivity contribution is -0.149. The molecule has 3 heterocycles. The van der Waals surface area contributed by atoms with Crippen LogP contribution in [0.15, 0.2) is 42.5 Å². The maximum Gasteiger partial charge on any atom is 0.398 e. The van der Waals surface area contributed by atoms with E-state index in [0.29, 0.717) is 16.9 Å². The third-order valence-electron chi connectivity index (χ3n) is 6.89. The summed E-state index contributed by atoms with van der Waals surface area (Å²) in [7, 11) is 0. The summed E-state index contributed by atoms with van der Waals surface area (Å²) in [6.45, 7) is 2.08. The quantitative estimate of drug-likeness (QED) is 0.281. The lowest BCUT2D eigenvalue weighted by Gasteiger charge is -2.24. The number of primary amides is 1. The van der Waals surface area contributed by atoms with E-state index in [-0.39, 0.29) is 39.8 Å². The Hall–Kier alpha value is -4.19. The maximum atomic E-state index is 14.4. The molecule has 0 radical (unpaired) electrons. The molecule has 13 heteroatoms. The van der Waals surface area contributed by atoms with E-state index in [1.165, 1.54) is 31.2 Å². The third-order valence-corrected chi connectivity index (χ3v) is 7.18. The molecule has 40 heavy (non-hydrogen) atoms. The number of benzene rings is 2. The van der Waals surface area contributed by atoms with Gasteiger partial charge in [-0.1, -0.05) is 11.6 Å². The summed E-state index contributed by atoms with van der Waals surface area (Å²) in [5.74, 6) is -3.79. The molecule has 1 aliphatic heterocycles. The van der Waals surface area contributed by atoms with Gasteiger partial charge in [0.05, 0.1) is 16.2 Å². The van der Waals surface area contributed by atoms with Crippen LogP contribution >= 0.6 is 11.6 Å². The molecular weight excluding hydrogens is 554 g/mol. The number of ether oxygens (including phenoxy) is 1. The molecule has 0 unspecified atom stereocenters. The first-order valence-corrected chi connectivity index (χ1v) is 12.4. The average molecular weight is 576 g/mol. The number of rotatable bonds is 6. The standard InChI is InChI=1S/C27H22ClF4N5O3/c1-12-35-20-8-14(7-18(28)22(20)36-12)24(38)34-10-17(27(30,31)32)19-9-16-23(40-11-26(16,2)25(33)39)21(37-19)13-3-5-15(29)6-4-13/h3-9,17H,10-11H2,1-2H3,(H2,33,39)(H,34,38)(H,35,36)/t17-,26+/m1/s1. The number of aryl methyl sites for hydroxylation is 1. The molecule has 0 saturated heterocycles. The van der Waals surface area contributed by atoms with Gasteiger partial charge in [0, 0.05) is 23.2 Å². The van der Waals surface area contributed by atoms with Gasteiger partial charge in [-0.05, 0) is 56.3 Å². The minimum absolute atomic E-state index is 0.00935. The van der Waals surface area contributed by atoms with E-state index in [9.17, 15) is 27.2 Å². The maximum absolute atomic E-state index is 14.4. The highest BCUT2D eigenvalue weighted by Crippen LogP contribution is 2.46. The molecule has 0 fully saturated rings. The monoisotopic (exact) mass is 575 g/mol. The van der Waals surface area contributed by atoms with Crippen LogP contribution in [-0.2, 0) is 10.2 Å². The molecule has 0 bridgehead atoms. The number of carbonyl (C=O) groups is 2. The first kappa shape index (κ1) is 27.4. The van der Waals surface area contributed by atoms with Crippen LogP contribution in [0.1, 0.15) is 40.3 Å². The molecule has 5 rings (SSSR count). The molecule has 2 amide bonds. The fourth-order valence-electron chi connectivity index (χ4n) is 4.60. The van der Waals surface area contributed by atoms with Crippen molar-refractivity contribution in [2.75, 3.05) is 13.2 Å². The molecule has 4 aromatic rings. The van der Waals surface area contributed by atoms with Crippen molar-refractivity contribution >= 4 is 34.4 Å². The van der Waals surface area contributed by atoms with Crippen LogP contribution in [0, 0.1) is 12.7 Å². The first-order valence-electron chi connectivity index (χ1n) is 12.0. The Morgan fingerprint density at radius 2 is 1.90 bits per heavy atom. The van der Waals surface area contributed by atoms with Crippen LogP contribution in [-0.4, -0.2) is 46.1 Å². The Labute approximate surface area is 229 Å². The Kier molecular flexibility index (Phi) is 6.69. The number of alkyl halides is 3. The molecule has 2 aromatic heterocycles. The van der Waals surface area contributed by atoms with Crippen molar-refractivity contribution in [3.05, 3.63) is 75.9 Å². The predicted molar refractivity (Wildman–Crippen MR) is 139 cm³/mol. The number of nitrogens with zero attached hydrogens (tertiary/aromatic N) is 2. The van der Waals surface area contributed by atoms with Gasteiger partial charge in [-0.2, -0.15) is 13.2 Å². The van der Waals surface area contributed by atoms with Crippen molar-refractivity contribution in [2.45, 2.75) is 31.4 Å². The zero-order valence-corrected chi connectivity index (χ0v) is 21.9. The Balaban J connectivity index is 1.54. The molecule has 1 aliphatic rings. The normalized spacial score (nSPS) is 17.4. The second-order valence-corrected chi connectivity index (χ2v) is 10.2. The highest BCUT2D eigenvalue weighted by atomic mass is 35.5. The smallest absolute Gasteiger partial charge is 0.398 e. The number of imidazole rings is 1. The molecule has 0 aliphatic carbocycles. The average Bonchev–Trinajstić information content (AvgIpc) is 3.44. The molecule has 2 atom stereocenters. The van der Waals surface area contributed by atoms with Gasteiger partial charge in [0.25, 0.3) is 5.91 Å². The van der Waals surface area contributed by atoms with Crippen molar-refractivity contribution in [3.8, 4) is 17.0 Å². The van der Waals surface area contributed by atoms with Gasteiger partial charge in [-0.25, -0.2) is 14.4 Å². The summed E-state index contributed by atoms with van der Waals surface area (Å²) in [5, 5.41) is 2.48. The second-order valence-electron chi connectivity index (χ2n) is 9.75. The number of H-pyrrole nitrogens is 1. The number of halogens is 5. The Bertz CT molecular complexity index is 1650. The van der Waals surface area contributed by atoms with E-state index >= 15 is 0 Å². The van der Waals surface area contributed by atoms with Crippen molar-refractivity contribution in [1.82, 2.24) is 20.3 Å². The van der Waals surface area contributed by atoms with Gasteiger partial charge >= 0.3 is 6.18 Å². The largest absolute Gasteiger partial charge is 0.489 e. The minimum atomic E-state index is -4.85. The fourth-order valence-corrected chi connectivity index (χ4v) is 4.87. The van der Waals surface area contributed by atoms with Gasteiger partial charge in [0.2, 0.25) is 5.91 Å². The first-order chi connectivity index (χ1) is 18.8. The lowest BCUT2D eigenvalue weighted by Crippen LogP contribution is -2.40. The van der Waals surface area contributed by atoms with Gasteiger partial charge in [0.15, 0.2) is 0 Å². The number of hydrogen-bond acceptors (Lipinski definition) is 5. The van der Waals surface area contributed by atoms with Crippen LogP contribution in [0.5, 0.6) is 5.75 Å². The molecule has 2 aromatic carbocycles. The summed E-state index contributed by atoms with van der Waals surface area (Å²) >= 11 is 6.22. The zero-order valence-electron chi connectivity index (χ0n) is 21.1. The Morgan fingerprint density at radius 1 is 1.20 bits per heavy atom. The van der Waals surface area contributed by atoms with Crippen LogP contribution < -0.4 is 15.8 Å². The van der Waals surface area contributed by atoms with E-state index < -0.39 is 47.4 Å². The van der Waals surface area contributed by atoms with Crippen molar-refractivity contribution in [1.29, 1.82) is 0 Å². The highest BCUT2D eigenvalue weighted by Gasteiger charge is 2.47. The molecule has 208 valence electrons. The van der Waals surface area contributed by atoms with Gasteiger partial charge in [-0.15, -0.1) is 0 Å². The van der Waals surface area contributed by atoms with Crippen molar-refractivity contribution < 1.29 is 31.9 Å². The van der Waals surface area contributed by atoms with Crippen molar-refractivity contribution in [2.24, 2.45) is 5.73 Å². The van der Waals surface area contributed by atoms with Crippen LogP contribution in [0.2, 0.25) is 5.02 Å². The number of pyridine rings is 1. The van der Waals surface area contributed by atoms with Crippen LogP contribution in [0.4, 0.5) is 17.6 Å². The highest BCUT2D eigenvalue weighted by molar-refractivity contribution is 6.35. The van der Waals surface area contributed by atoms with Gasteiger partial charge in [-0.3, -0.25) is 9.59 Å². The fraction of sp³-hybridized carbons (Fsp3) is 0.259. The van der Waals surface area contributed by atoms with E-state index in [1.807, 2.05) is 0 Å². The molecule has 0 spiro atoms. The summed E-state index contributed by atoms with van der Waals surface area (Å²) in [6.07, 6.45) is -4.85. The SMILES string of the molecule is Cc1nc2c(Cl)cc(C(=O)NC[C@H](c3cc4c(c(-c5ccc(F)cc5)n3)OC[C@]4(C)C(N)=O)C(F)(F)F)cc2[nH]1. The number of hydrogen-bond donors (Lipinski definition) is 3. The van der Waals surface area contributed by atoms with Crippen LogP contribution in [0.3, 0.4) is 0 Å². The third kappa shape index (κ3) is 4.83. The summed E-state index contributed by atoms with van der Waals surface area (Å²) in [4.78, 5) is 36.6. The zero-order chi connectivity index (χ0) is 29.0. The topological polar surface area (TPSA) is 123 Å². The molecule has 4 N–H and O–H groups in total. The van der Waals surface area contributed by atoms with Gasteiger partial charge in [0.1, 0.15) is 46.5 Å². The second kappa shape index (κ2) is 9.77. The molecule has 0 saturated carbocycles. The summed E-state index contributed by atoms with van der Waals surface area (Å²) < 4.78 is 62.5. The number of amides is 2. The summed E-state index contributed by atoms with van der Waals surface area (Å²) in [6, 6.07) is 8.82. The summed E-state index contributed by atoms with van der Waals surface area (Å²) in [5.41, 5.74) is 5.00. The van der Waals surface area contributed by atoms with Crippen molar-refractivity contribution in [3.63, 3.8) is 0 Å². The van der Waals surface area contributed by atoms with Gasteiger partial charge < -0.3 is 20.8 Å². The Morgan fingerprint density at radius 3 is 2.55 bits per heavy atom. The lowest BCUT2D eigenvalue weighted by atomic mass is 9.82. The van der Waals surface area contributed by atoms with E-state index in [0.717, 1.165) is 18.2 Å².